The smallest absolute Gasteiger partial charge is 0.341 e. The molecule has 4 rings (SSSR count). The zero-order valence-electron chi connectivity index (χ0n) is 17.6. The Bertz CT molecular complexity index is 1190. The van der Waals surface area contributed by atoms with E-state index in [0.717, 1.165) is 18.6 Å². The summed E-state index contributed by atoms with van der Waals surface area (Å²) in [6, 6.07) is 6.19. The second-order valence-corrected chi connectivity index (χ2v) is 7.79. The first-order valence-corrected chi connectivity index (χ1v) is 10.1. The first-order valence-electron chi connectivity index (χ1n) is 10.1. The van der Waals surface area contributed by atoms with Gasteiger partial charge in [0.25, 0.3) is 11.6 Å². The summed E-state index contributed by atoms with van der Waals surface area (Å²) >= 11 is 0. The molecule has 168 valence electrons. The lowest BCUT2D eigenvalue weighted by atomic mass is 10.0. The quantitative estimate of drug-likeness (QED) is 0.594. The lowest BCUT2D eigenvalue weighted by molar-refractivity contribution is -0.137. The number of alkyl halides is 3. The fraction of sp³-hybridized carbons (Fsp3) is 0.364. The number of likely N-dealkylation sites (N-methyl/N-ethyl adjacent to an activating group) is 1. The van der Waals surface area contributed by atoms with Gasteiger partial charge in [0.2, 0.25) is 5.91 Å². The Morgan fingerprint density at radius 3 is 2.75 bits per heavy atom. The normalized spacial score (nSPS) is 14.4. The highest BCUT2D eigenvalue weighted by molar-refractivity contribution is 6.06. The molecule has 1 aliphatic heterocycles. The zero-order valence-corrected chi connectivity index (χ0v) is 17.6. The number of carbonyl (C=O) groups excluding carboxylic acids is 2. The van der Waals surface area contributed by atoms with Crippen LogP contribution in [-0.4, -0.2) is 58.4 Å². The fourth-order valence-electron chi connectivity index (χ4n) is 3.78. The Balaban J connectivity index is 1.68. The zero-order chi connectivity index (χ0) is 23.0. The number of fused-ring (bicyclic) bond motifs is 1. The van der Waals surface area contributed by atoms with Gasteiger partial charge in [0.05, 0.1) is 27.9 Å². The summed E-state index contributed by atoms with van der Waals surface area (Å²) < 4.78 is 44.7. The standard InChI is InChI=1S/C22H21F3N4O3/c1-13-19-16(21(31)28(2)9-10-29-8-4-7-18(29)30)12-17(26-20(19)32-27-13)14-5-3-6-15(11-14)22(23,24)25/h3,5-6,11-12H,4,7-10H2,1-2H3. The van der Waals surface area contributed by atoms with Crippen molar-refractivity contribution in [2.24, 2.45) is 0 Å². The molecule has 1 aromatic carbocycles. The van der Waals surface area contributed by atoms with Gasteiger partial charge in [-0.2, -0.15) is 13.2 Å². The summed E-state index contributed by atoms with van der Waals surface area (Å²) in [7, 11) is 1.61. The number of pyridine rings is 1. The van der Waals surface area contributed by atoms with Crippen molar-refractivity contribution in [3.63, 3.8) is 0 Å². The molecule has 2 amide bonds. The maximum absolute atomic E-state index is 13.3. The largest absolute Gasteiger partial charge is 0.416 e. The van der Waals surface area contributed by atoms with Crippen LogP contribution in [0.3, 0.4) is 0 Å². The molecule has 0 aliphatic carbocycles. The molecule has 2 aromatic heterocycles. The molecule has 0 spiro atoms. The maximum atomic E-state index is 13.3. The SMILES string of the molecule is Cc1noc2nc(-c3cccc(C(F)(F)F)c3)cc(C(=O)N(C)CCN3CCCC3=O)c12. The molecule has 0 saturated carbocycles. The highest BCUT2D eigenvalue weighted by Crippen LogP contribution is 2.33. The number of aryl methyl sites for hydroxylation is 1. The van der Waals surface area contributed by atoms with Crippen molar-refractivity contribution in [2.45, 2.75) is 25.9 Å². The van der Waals surface area contributed by atoms with Crippen LogP contribution in [0, 0.1) is 6.92 Å². The highest BCUT2D eigenvalue weighted by Gasteiger charge is 2.31. The van der Waals surface area contributed by atoms with Crippen LogP contribution in [-0.2, 0) is 11.0 Å². The molecular weight excluding hydrogens is 425 g/mol. The van der Waals surface area contributed by atoms with Crippen LogP contribution < -0.4 is 0 Å². The molecule has 1 fully saturated rings. The molecule has 0 radical (unpaired) electrons. The average Bonchev–Trinajstić information content (AvgIpc) is 3.35. The maximum Gasteiger partial charge on any atom is 0.416 e. The summed E-state index contributed by atoms with van der Waals surface area (Å²) in [5.41, 5.74) is 0.321. The van der Waals surface area contributed by atoms with Crippen LogP contribution in [0.5, 0.6) is 0 Å². The van der Waals surface area contributed by atoms with Crippen molar-refractivity contribution < 1.29 is 27.3 Å². The van der Waals surface area contributed by atoms with Crippen molar-refractivity contribution >= 4 is 22.9 Å². The first-order chi connectivity index (χ1) is 15.1. The van der Waals surface area contributed by atoms with E-state index in [-0.39, 0.29) is 34.3 Å². The van der Waals surface area contributed by atoms with Crippen LogP contribution in [0.1, 0.15) is 34.5 Å². The van der Waals surface area contributed by atoms with Gasteiger partial charge in [0, 0.05) is 38.7 Å². The van der Waals surface area contributed by atoms with E-state index in [2.05, 4.69) is 10.1 Å². The second-order valence-electron chi connectivity index (χ2n) is 7.79. The van der Waals surface area contributed by atoms with E-state index in [0.29, 0.717) is 37.1 Å². The molecule has 3 aromatic rings. The van der Waals surface area contributed by atoms with Crippen molar-refractivity contribution in [1.82, 2.24) is 19.9 Å². The number of likely N-dealkylation sites (tertiary alicyclic amines) is 1. The van der Waals surface area contributed by atoms with Gasteiger partial charge < -0.3 is 14.3 Å². The van der Waals surface area contributed by atoms with Crippen LogP contribution in [0.25, 0.3) is 22.4 Å². The molecule has 0 unspecified atom stereocenters. The molecule has 10 heteroatoms. The molecular formula is C22H21F3N4O3. The van der Waals surface area contributed by atoms with Gasteiger partial charge >= 0.3 is 6.18 Å². The number of hydrogen-bond donors (Lipinski definition) is 0. The Morgan fingerprint density at radius 1 is 1.28 bits per heavy atom. The monoisotopic (exact) mass is 446 g/mol. The third-order valence-corrected chi connectivity index (χ3v) is 5.56. The number of halogens is 3. The molecule has 1 aliphatic rings. The van der Waals surface area contributed by atoms with E-state index in [9.17, 15) is 22.8 Å². The number of hydrogen-bond acceptors (Lipinski definition) is 5. The van der Waals surface area contributed by atoms with Crippen LogP contribution in [0.2, 0.25) is 0 Å². The number of benzene rings is 1. The van der Waals surface area contributed by atoms with Crippen LogP contribution >= 0.6 is 0 Å². The predicted molar refractivity (Wildman–Crippen MR) is 110 cm³/mol. The predicted octanol–water partition coefficient (Wildman–Crippen LogP) is 3.91. The van der Waals surface area contributed by atoms with E-state index in [1.54, 1.807) is 18.9 Å². The summed E-state index contributed by atoms with van der Waals surface area (Å²) in [5, 5.41) is 4.28. The lowest BCUT2D eigenvalue weighted by Crippen LogP contribution is -2.37. The molecule has 0 atom stereocenters. The first kappa shape index (κ1) is 21.8. The van der Waals surface area contributed by atoms with Gasteiger partial charge in [-0.05, 0) is 31.5 Å². The Labute approximate surface area is 181 Å². The van der Waals surface area contributed by atoms with E-state index in [1.165, 1.54) is 23.1 Å². The average molecular weight is 446 g/mol. The summed E-state index contributed by atoms with van der Waals surface area (Å²) in [4.78, 5) is 32.6. The third-order valence-electron chi connectivity index (χ3n) is 5.56. The molecule has 7 nitrogen and oxygen atoms in total. The van der Waals surface area contributed by atoms with E-state index in [1.807, 2.05) is 0 Å². The molecule has 32 heavy (non-hydrogen) atoms. The minimum absolute atomic E-state index is 0.0684. The van der Waals surface area contributed by atoms with Crippen molar-refractivity contribution in [2.75, 3.05) is 26.7 Å². The van der Waals surface area contributed by atoms with E-state index < -0.39 is 11.7 Å². The number of aromatic nitrogens is 2. The molecule has 1 saturated heterocycles. The van der Waals surface area contributed by atoms with Gasteiger partial charge in [-0.25, -0.2) is 4.98 Å². The van der Waals surface area contributed by atoms with Gasteiger partial charge in [0.15, 0.2) is 0 Å². The van der Waals surface area contributed by atoms with Gasteiger partial charge in [-0.3, -0.25) is 9.59 Å². The minimum Gasteiger partial charge on any atom is -0.341 e. The lowest BCUT2D eigenvalue weighted by Gasteiger charge is -2.22. The number of carbonyl (C=O) groups is 2. The Morgan fingerprint density at radius 2 is 2.06 bits per heavy atom. The van der Waals surface area contributed by atoms with Crippen molar-refractivity contribution in [1.29, 1.82) is 0 Å². The van der Waals surface area contributed by atoms with Crippen molar-refractivity contribution in [3.05, 3.63) is 47.2 Å². The van der Waals surface area contributed by atoms with Crippen LogP contribution in [0.4, 0.5) is 13.2 Å². The number of amides is 2. The summed E-state index contributed by atoms with van der Waals surface area (Å²) in [5.74, 6) is -0.289. The molecule has 3 heterocycles. The summed E-state index contributed by atoms with van der Waals surface area (Å²) in [6.45, 7) is 3.07. The van der Waals surface area contributed by atoms with E-state index >= 15 is 0 Å². The highest BCUT2D eigenvalue weighted by atomic mass is 19.4. The Kier molecular flexibility index (Phi) is 5.62. The van der Waals surface area contributed by atoms with Gasteiger partial charge in [0.1, 0.15) is 0 Å². The number of rotatable bonds is 5. The minimum atomic E-state index is -4.51. The fourth-order valence-corrected chi connectivity index (χ4v) is 3.78. The van der Waals surface area contributed by atoms with Gasteiger partial charge in [-0.15, -0.1) is 0 Å². The molecule has 0 N–H and O–H groups in total. The summed E-state index contributed by atoms with van der Waals surface area (Å²) in [6.07, 6.45) is -3.18. The third kappa shape index (κ3) is 4.17. The van der Waals surface area contributed by atoms with E-state index in [4.69, 9.17) is 4.52 Å². The second kappa shape index (κ2) is 8.25. The Hall–Kier alpha value is -3.43. The van der Waals surface area contributed by atoms with Gasteiger partial charge in [-0.1, -0.05) is 17.3 Å². The van der Waals surface area contributed by atoms with Crippen molar-refractivity contribution in [3.8, 4) is 11.3 Å². The topological polar surface area (TPSA) is 79.5 Å². The van der Waals surface area contributed by atoms with Crippen LogP contribution in [0.15, 0.2) is 34.9 Å². The number of nitrogens with zero attached hydrogens (tertiary/aromatic N) is 4. The molecule has 0 bridgehead atoms.